The fourth-order valence-corrected chi connectivity index (χ4v) is 3.30. The monoisotopic (exact) mass is 377 g/mol. The Morgan fingerprint density at radius 1 is 1.20 bits per heavy atom. The molecular weight excluding hydrogens is 362 g/mol. The van der Waals surface area contributed by atoms with Gasteiger partial charge in [0, 0.05) is 11.4 Å². The van der Waals surface area contributed by atoms with Crippen LogP contribution in [0.3, 0.4) is 0 Å². The summed E-state index contributed by atoms with van der Waals surface area (Å²) in [4.78, 5) is 13.9. The normalized spacial score (nSPS) is 12.1. The van der Waals surface area contributed by atoms with E-state index in [1.54, 1.807) is 36.4 Å². The average molecular weight is 378 g/mol. The van der Waals surface area contributed by atoms with Crippen molar-refractivity contribution in [2.75, 3.05) is 6.61 Å². The SMILES string of the molecule is O=c1[nH]c(O)c(Cc2ccc(OC[C@H](O)c3cccc(Cl)c3)cc2)s1. The maximum absolute atomic E-state index is 11.2. The lowest BCUT2D eigenvalue weighted by Gasteiger charge is -2.13. The van der Waals surface area contributed by atoms with E-state index in [9.17, 15) is 15.0 Å². The number of aromatic amines is 1. The Labute approximate surface area is 153 Å². The summed E-state index contributed by atoms with van der Waals surface area (Å²) >= 11 is 6.90. The molecule has 1 heterocycles. The number of H-pyrrole nitrogens is 1. The molecule has 3 N–H and O–H groups in total. The number of hydrogen-bond donors (Lipinski definition) is 3. The topological polar surface area (TPSA) is 82.6 Å². The number of thiazole rings is 1. The quantitative estimate of drug-likeness (QED) is 0.614. The van der Waals surface area contributed by atoms with Crippen LogP contribution in [-0.2, 0) is 6.42 Å². The molecule has 0 unspecified atom stereocenters. The van der Waals surface area contributed by atoms with Crippen molar-refractivity contribution >= 4 is 22.9 Å². The Bertz CT molecular complexity index is 904. The Hall–Kier alpha value is -2.28. The average Bonchev–Trinajstić information content (AvgIpc) is 2.91. The maximum atomic E-state index is 11.2. The summed E-state index contributed by atoms with van der Waals surface area (Å²) in [6, 6.07) is 14.3. The van der Waals surface area contributed by atoms with Crippen LogP contribution >= 0.6 is 22.9 Å². The Balaban J connectivity index is 1.59. The second-order valence-corrected chi connectivity index (χ2v) is 6.99. The minimum Gasteiger partial charge on any atom is -0.494 e. The highest BCUT2D eigenvalue weighted by atomic mass is 35.5. The number of rotatable bonds is 6. The first kappa shape index (κ1) is 17.5. The molecule has 1 aromatic heterocycles. The van der Waals surface area contributed by atoms with Gasteiger partial charge < -0.3 is 14.9 Å². The van der Waals surface area contributed by atoms with Crippen LogP contribution in [0.2, 0.25) is 5.02 Å². The zero-order valence-electron chi connectivity index (χ0n) is 13.1. The number of halogens is 1. The van der Waals surface area contributed by atoms with Gasteiger partial charge in [0.05, 0.1) is 4.88 Å². The number of aliphatic hydroxyl groups is 1. The molecule has 0 saturated heterocycles. The zero-order valence-corrected chi connectivity index (χ0v) is 14.7. The molecule has 0 amide bonds. The molecule has 2 aromatic carbocycles. The van der Waals surface area contributed by atoms with Crippen LogP contribution in [0, 0.1) is 0 Å². The zero-order chi connectivity index (χ0) is 17.8. The molecule has 0 spiro atoms. The number of aromatic hydroxyl groups is 1. The van der Waals surface area contributed by atoms with Crippen molar-refractivity contribution in [1.82, 2.24) is 4.98 Å². The summed E-state index contributed by atoms with van der Waals surface area (Å²) < 4.78 is 5.60. The van der Waals surface area contributed by atoms with E-state index in [-0.39, 0.29) is 17.4 Å². The number of nitrogens with one attached hydrogen (secondary N) is 1. The van der Waals surface area contributed by atoms with Gasteiger partial charge in [-0.05, 0) is 35.4 Å². The molecule has 1 atom stereocenters. The van der Waals surface area contributed by atoms with Gasteiger partial charge in [-0.1, -0.05) is 47.2 Å². The number of hydrogen-bond acceptors (Lipinski definition) is 5. The first-order valence-electron chi connectivity index (χ1n) is 7.57. The fraction of sp³-hybridized carbons (Fsp3) is 0.167. The molecule has 3 rings (SSSR count). The summed E-state index contributed by atoms with van der Waals surface area (Å²) in [5.41, 5.74) is 1.63. The molecule has 5 nitrogen and oxygen atoms in total. The molecule has 0 bridgehead atoms. The van der Waals surface area contributed by atoms with Gasteiger partial charge in [0.2, 0.25) is 5.88 Å². The molecular formula is C18H16ClNO4S. The van der Waals surface area contributed by atoms with Crippen molar-refractivity contribution in [1.29, 1.82) is 0 Å². The second kappa shape index (κ2) is 7.74. The largest absolute Gasteiger partial charge is 0.494 e. The second-order valence-electron chi connectivity index (χ2n) is 5.49. The molecule has 0 radical (unpaired) electrons. The Morgan fingerprint density at radius 3 is 2.60 bits per heavy atom. The highest BCUT2D eigenvalue weighted by molar-refractivity contribution is 7.09. The molecule has 7 heteroatoms. The molecule has 0 saturated carbocycles. The standard InChI is InChI=1S/C18H16ClNO4S/c19-13-3-1-2-12(9-13)15(21)10-24-14-6-4-11(5-7-14)8-16-17(22)20-18(23)25-16/h1-7,9,15,21-22H,8,10H2,(H,20,23)/t15-/m0/s1. The number of aromatic nitrogens is 1. The van der Waals surface area contributed by atoms with Crippen LogP contribution < -0.4 is 9.61 Å². The van der Waals surface area contributed by atoms with E-state index in [0.29, 0.717) is 27.6 Å². The smallest absolute Gasteiger partial charge is 0.307 e. The molecule has 0 fully saturated rings. The van der Waals surface area contributed by atoms with Gasteiger partial charge in [-0.15, -0.1) is 0 Å². The van der Waals surface area contributed by atoms with Crippen LogP contribution in [0.4, 0.5) is 0 Å². The summed E-state index contributed by atoms with van der Waals surface area (Å²) in [5, 5.41) is 20.3. The van der Waals surface area contributed by atoms with Gasteiger partial charge in [0.25, 0.3) is 0 Å². The third-order valence-electron chi connectivity index (χ3n) is 3.63. The third kappa shape index (κ3) is 4.63. The van der Waals surface area contributed by atoms with E-state index >= 15 is 0 Å². The predicted octanol–water partition coefficient (Wildman–Crippen LogP) is 3.50. The van der Waals surface area contributed by atoms with E-state index in [2.05, 4.69) is 4.98 Å². The number of ether oxygens (including phenoxy) is 1. The lowest BCUT2D eigenvalue weighted by molar-refractivity contribution is 0.108. The van der Waals surface area contributed by atoms with Crippen LogP contribution in [0.15, 0.2) is 53.3 Å². The molecule has 130 valence electrons. The molecule has 0 aliphatic rings. The van der Waals surface area contributed by atoms with Crippen molar-refractivity contribution in [2.45, 2.75) is 12.5 Å². The van der Waals surface area contributed by atoms with Gasteiger partial charge in [0.1, 0.15) is 18.5 Å². The van der Waals surface area contributed by atoms with Crippen LogP contribution in [0.1, 0.15) is 22.1 Å². The van der Waals surface area contributed by atoms with Crippen molar-refractivity contribution in [3.8, 4) is 11.6 Å². The van der Waals surface area contributed by atoms with Crippen molar-refractivity contribution in [3.63, 3.8) is 0 Å². The van der Waals surface area contributed by atoms with Gasteiger partial charge in [-0.3, -0.25) is 9.78 Å². The lowest BCUT2D eigenvalue weighted by Crippen LogP contribution is -2.09. The van der Waals surface area contributed by atoms with E-state index in [1.165, 1.54) is 0 Å². The van der Waals surface area contributed by atoms with Gasteiger partial charge >= 0.3 is 4.87 Å². The maximum Gasteiger partial charge on any atom is 0.307 e. The minimum atomic E-state index is -0.771. The Kier molecular flexibility index (Phi) is 5.43. The highest BCUT2D eigenvalue weighted by Crippen LogP contribution is 2.23. The highest BCUT2D eigenvalue weighted by Gasteiger charge is 2.10. The predicted molar refractivity (Wildman–Crippen MR) is 97.8 cm³/mol. The van der Waals surface area contributed by atoms with Gasteiger partial charge in [-0.25, -0.2) is 0 Å². The van der Waals surface area contributed by atoms with Crippen LogP contribution in [-0.4, -0.2) is 21.8 Å². The van der Waals surface area contributed by atoms with Crippen LogP contribution in [0.25, 0.3) is 0 Å². The summed E-state index contributed by atoms with van der Waals surface area (Å²) in [7, 11) is 0. The fourth-order valence-electron chi connectivity index (χ4n) is 2.35. The lowest BCUT2D eigenvalue weighted by atomic mass is 10.1. The molecule has 25 heavy (non-hydrogen) atoms. The van der Waals surface area contributed by atoms with Crippen molar-refractivity contribution < 1.29 is 14.9 Å². The van der Waals surface area contributed by atoms with Crippen molar-refractivity contribution in [3.05, 3.63) is 79.2 Å². The molecule has 0 aliphatic carbocycles. The van der Waals surface area contributed by atoms with Gasteiger partial charge in [0.15, 0.2) is 0 Å². The van der Waals surface area contributed by atoms with Crippen LogP contribution in [0.5, 0.6) is 11.6 Å². The molecule has 3 aromatic rings. The molecule has 0 aliphatic heterocycles. The Morgan fingerprint density at radius 2 is 1.96 bits per heavy atom. The number of benzene rings is 2. The minimum absolute atomic E-state index is 0.0834. The first-order chi connectivity index (χ1) is 12.0. The first-order valence-corrected chi connectivity index (χ1v) is 8.77. The van der Waals surface area contributed by atoms with E-state index in [4.69, 9.17) is 16.3 Å². The number of aliphatic hydroxyl groups excluding tert-OH is 1. The summed E-state index contributed by atoms with van der Waals surface area (Å²) in [5.74, 6) is 0.538. The third-order valence-corrected chi connectivity index (χ3v) is 4.74. The summed E-state index contributed by atoms with van der Waals surface area (Å²) in [6.07, 6.45) is -0.312. The van der Waals surface area contributed by atoms with Crippen molar-refractivity contribution in [2.24, 2.45) is 0 Å². The van der Waals surface area contributed by atoms with E-state index < -0.39 is 6.10 Å². The summed E-state index contributed by atoms with van der Waals surface area (Å²) in [6.45, 7) is 0.111. The van der Waals surface area contributed by atoms with E-state index in [0.717, 1.165) is 16.9 Å². The van der Waals surface area contributed by atoms with Gasteiger partial charge in [-0.2, -0.15) is 0 Å². The van der Waals surface area contributed by atoms with E-state index in [1.807, 2.05) is 12.1 Å².